The minimum atomic E-state index is -0.0821. The highest BCUT2D eigenvalue weighted by atomic mass is 16.3. The molecule has 4 rings (SSSR count). The van der Waals surface area contributed by atoms with Crippen molar-refractivity contribution in [1.29, 1.82) is 0 Å². The molecule has 22 heavy (non-hydrogen) atoms. The molecule has 0 spiro atoms. The quantitative estimate of drug-likeness (QED) is 0.722. The summed E-state index contributed by atoms with van der Waals surface area (Å²) in [5.74, 6) is 3.18. The lowest BCUT2D eigenvalue weighted by atomic mass is 9.47. The maximum absolute atomic E-state index is 11.9. The Hall–Kier alpha value is -0.570. The van der Waals surface area contributed by atoms with Crippen LogP contribution in [0.1, 0.15) is 65.2 Å². The van der Waals surface area contributed by atoms with Crippen LogP contribution in [0.3, 0.4) is 0 Å². The second-order valence-electron chi connectivity index (χ2n) is 9.10. The van der Waals surface area contributed by atoms with Crippen LogP contribution in [-0.4, -0.2) is 23.7 Å². The summed E-state index contributed by atoms with van der Waals surface area (Å²) in [4.78, 5) is 11.9. The monoisotopic (exact) mass is 305 g/mol. The van der Waals surface area contributed by atoms with Crippen LogP contribution >= 0.6 is 0 Å². The highest BCUT2D eigenvalue weighted by Gasteiger charge is 2.59. The lowest BCUT2D eigenvalue weighted by Gasteiger charge is -2.58. The third-order valence-corrected chi connectivity index (χ3v) is 8.45. The van der Waals surface area contributed by atoms with E-state index in [1.807, 2.05) is 0 Å². The molecule has 4 fully saturated rings. The van der Waals surface area contributed by atoms with Gasteiger partial charge in [0.05, 0.1) is 6.10 Å². The van der Waals surface area contributed by atoms with Crippen molar-refractivity contribution in [2.24, 2.45) is 34.5 Å². The Labute approximate surface area is 134 Å². The van der Waals surface area contributed by atoms with E-state index in [2.05, 4.69) is 19.2 Å². The van der Waals surface area contributed by atoms with Gasteiger partial charge in [-0.3, -0.25) is 4.79 Å². The summed E-state index contributed by atoms with van der Waals surface area (Å²) in [6, 6.07) is 0. The van der Waals surface area contributed by atoms with E-state index >= 15 is 0 Å². The number of hydrogen-bond acceptors (Lipinski definition) is 2. The van der Waals surface area contributed by atoms with E-state index in [4.69, 9.17) is 0 Å². The number of carbonyl (C=O) groups is 1. The summed E-state index contributed by atoms with van der Waals surface area (Å²) in [5.41, 5.74) is 0.500. The van der Waals surface area contributed by atoms with Gasteiger partial charge in [-0.05, 0) is 79.4 Å². The van der Waals surface area contributed by atoms with E-state index < -0.39 is 0 Å². The Morgan fingerprint density at radius 3 is 2.59 bits per heavy atom. The van der Waals surface area contributed by atoms with E-state index in [0.717, 1.165) is 31.2 Å². The summed E-state index contributed by atoms with van der Waals surface area (Å²) in [6.45, 7) is 5.71. The SMILES string of the molecule is C[C@]12CCC(=O)NC[C@@H]1CC[C@@H]1[C@@H]2CC[C@]2(C)[C@@H](O)CC[C@@H]12. The average Bonchev–Trinajstić information content (AvgIpc) is 2.70. The molecule has 124 valence electrons. The van der Waals surface area contributed by atoms with Crippen LogP contribution in [0.4, 0.5) is 0 Å². The number of fused-ring (bicyclic) bond motifs is 5. The molecule has 3 aliphatic carbocycles. The molecule has 0 unspecified atom stereocenters. The third-order valence-electron chi connectivity index (χ3n) is 8.45. The van der Waals surface area contributed by atoms with Gasteiger partial charge in [0.2, 0.25) is 5.91 Å². The molecule has 0 aromatic rings. The maximum Gasteiger partial charge on any atom is 0.220 e. The molecule has 1 heterocycles. The van der Waals surface area contributed by atoms with Crippen molar-refractivity contribution in [3.8, 4) is 0 Å². The molecule has 0 bridgehead atoms. The van der Waals surface area contributed by atoms with E-state index in [0.29, 0.717) is 23.7 Å². The van der Waals surface area contributed by atoms with E-state index in [1.54, 1.807) is 0 Å². The second kappa shape index (κ2) is 4.96. The first-order valence-corrected chi connectivity index (χ1v) is 9.40. The van der Waals surface area contributed by atoms with Crippen molar-refractivity contribution < 1.29 is 9.90 Å². The number of amides is 1. The van der Waals surface area contributed by atoms with Crippen molar-refractivity contribution in [2.75, 3.05) is 6.54 Å². The van der Waals surface area contributed by atoms with Crippen molar-refractivity contribution in [1.82, 2.24) is 5.32 Å². The van der Waals surface area contributed by atoms with Crippen molar-refractivity contribution in [3.63, 3.8) is 0 Å². The first-order chi connectivity index (χ1) is 10.4. The maximum atomic E-state index is 11.9. The Kier molecular flexibility index (Phi) is 3.38. The molecule has 0 aromatic carbocycles. The van der Waals surface area contributed by atoms with Gasteiger partial charge >= 0.3 is 0 Å². The predicted molar refractivity (Wildman–Crippen MR) is 86.1 cm³/mol. The Balaban J connectivity index is 1.64. The molecule has 3 heteroatoms. The van der Waals surface area contributed by atoms with Gasteiger partial charge in [0, 0.05) is 13.0 Å². The molecule has 3 nitrogen and oxygen atoms in total. The normalized spacial score (nSPS) is 54.7. The fourth-order valence-corrected chi connectivity index (χ4v) is 6.94. The molecular weight excluding hydrogens is 274 g/mol. The van der Waals surface area contributed by atoms with Gasteiger partial charge in [-0.1, -0.05) is 13.8 Å². The molecule has 1 amide bonds. The van der Waals surface area contributed by atoms with Gasteiger partial charge < -0.3 is 10.4 Å². The lowest BCUT2D eigenvalue weighted by Crippen LogP contribution is -2.53. The smallest absolute Gasteiger partial charge is 0.220 e. The number of carbonyl (C=O) groups excluding carboxylic acids is 1. The van der Waals surface area contributed by atoms with Crippen LogP contribution in [0.5, 0.6) is 0 Å². The zero-order valence-corrected chi connectivity index (χ0v) is 14.1. The molecule has 7 atom stereocenters. The van der Waals surface area contributed by atoms with Crippen molar-refractivity contribution >= 4 is 5.91 Å². The van der Waals surface area contributed by atoms with E-state index in [1.165, 1.54) is 32.1 Å². The highest BCUT2D eigenvalue weighted by Crippen LogP contribution is 2.64. The molecule has 4 aliphatic rings. The van der Waals surface area contributed by atoms with Gasteiger partial charge in [0.25, 0.3) is 0 Å². The summed E-state index contributed by atoms with van der Waals surface area (Å²) < 4.78 is 0. The average molecular weight is 305 g/mol. The number of aliphatic hydroxyl groups is 1. The van der Waals surface area contributed by atoms with Gasteiger partial charge in [-0.25, -0.2) is 0 Å². The van der Waals surface area contributed by atoms with Crippen LogP contribution in [0.15, 0.2) is 0 Å². The highest BCUT2D eigenvalue weighted by molar-refractivity contribution is 5.76. The molecule has 1 saturated heterocycles. The summed E-state index contributed by atoms with van der Waals surface area (Å²) in [6.07, 6.45) is 8.94. The summed E-state index contributed by atoms with van der Waals surface area (Å²) in [5, 5.41) is 13.6. The molecule has 3 saturated carbocycles. The zero-order valence-electron chi connectivity index (χ0n) is 14.1. The Bertz CT molecular complexity index is 478. The van der Waals surface area contributed by atoms with E-state index in [9.17, 15) is 9.90 Å². The van der Waals surface area contributed by atoms with Crippen molar-refractivity contribution in [3.05, 3.63) is 0 Å². The molecule has 0 aromatic heterocycles. The van der Waals surface area contributed by atoms with Crippen LogP contribution < -0.4 is 5.32 Å². The van der Waals surface area contributed by atoms with Gasteiger partial charge in [0.15, 0.2) is 0 Å². The lowest BCUT2D eigenvalue weighted by molar-refractivity contribution is -0.121. The second-order valence-corrected chi connectivity index (χ2v) is 9.10. The zero-order chi connectivity index (χ0) is 15.5. The summed E-state index contributed by atoms with van der Waals surface area (Å²) >= 11 is 0. The number of hydrogen-bond donors (Lipinski definition) is 2. The van der Waals surface area contributed by atoms with Gasteiger partial charge in [-0.15, -0.1) is 0 Å². The molecule has 0 radical (unpaired) electrons. The number of nitrogens with one attached hydrogen (secondary N) is 1. The van der Waals surface area contributed by atoms with Crippen LogP contribution in [0, 0.1) is 34.5 Å². The Morgan fingerprint density at radius 2 is 1.77 bits per heavy atom. The number of rotatable bonds is 0. The standard InChI is InChI=1S/C19H31NO2/c1-18-10-8-17(22)20-11-12(18)3-4-13-14-5-6-16(21)19(14,2)9-7-15(13)18/h12-16,21H,3-11H2,1-2H3,(H,20,22)/t12-,13-,14-,15-,16-,18-,19-/m0/s1. The van der Waals surface area contributed by atoms with Gasteiger partial charge in [-0.2, -0.15) is 0 Å². The Morgan fingerprint density at radius 1 is 1.00 bits per heavy atom. The first kappa shape index (κ1) is 15.0. The fourth-order valence-electron chi connectivity index (χ4n) is 6.94. The largest absolute Gasteiger partial charge is 0.393 e. The predicted octanol–water partition coefficient (Wildman–Crippen LogP) is 3.12. The molecule has 1 aliphatic heterocycles. The third kappa shape index (κ3) is 1.93. The summed E-state index contributed by atoms with van der Waals surface area (Å²) in [7, 11) is 0. The fraction of sp³-hybridized carbons (Fsp3) is 0.947. The first-order valence-electron chi connectivity index (χ1n) is 9.40. The topological polar surface area (TPSA) is 49.3 Å². The molecular formula is C19H31NO2. The number of aliphatic hydroxyl groups excluding tert-OH is 1. The van der Waals surface area contributed by atoms with Crippen molar-refractivity contribution in [2.45, 2.75) is 71.3 Å². The van der Waals surface area contributed by atoms with Gasteiger partial charge in [0.1, 0.15) is 0 Å². The van der Waals surface area contributed by atoms with Crippen LogP contribution in [0.25, 0.3) is 0 Å². The van der Waals surface area contributed by atoms with Crippen LogP contribution in [0.2, 0.25) is 0 Å². The minimum absolute atomic E-state index is 0.0821. The minimum Gasteiger partial charge on any atom is -0.393 e. The molecule has 2 N–H and O–H groups in total. The van der Waals surface area contributed by atoms with E-state index in [-0.39, 0.29) is 17.4 Å². The van der Waals surface area contributed by atoms with Crippen LogP contribution in [-0.2, 0) is 4.79 Å².